The molecule has 0 bridgehead atoms. The Hall–Kier alpha value is -1.84. The molecule has 21 unspecified atom stereocenters. The molecule has 0 spiro atoms. The topological polar surface area (TPSA) is 272 Å². The average molecular weight is 897 g/mol. The summed E-state index contributed by atoms with van der Waals surface area (Å²) in [5, 5.41) is 95.6. The molecule has 0 amide bonds. The lowest BCUT2D eigenvalue weighted by molar-refractivity contribution is -0.386. The van der Waals surface area contributed by atoms with Gasteiger partial charge in [-0.15, -0.1) is 0 Å². The number of carboxylic acids is 2. The van der Waals surface area contributed by atoms with E-state index in [2.05, 4.69) is 54.5 Å². The summed E-state index contributed by atoms with van der Waals surface area (Å²) in [6, 6.07) is 0. The van der Waals surface area contributed by atoms with Crippen LogP contribution < -0.4 is 0 Å². The van der Waals surface area contributed by atoms with E-state index >= 15 is 0 Å². The number of fused-ring (bicyclic) bond motifs is 7. The van der Waals surface area contributed by atoms with Crippen molar-refractivity contribution in [2.75, 3.05) is 13.2 Å². The van der Waals surface area contributed by atoms with Crippen molar-refractivity contribution in [3.05, 3.63) is 11.6 Å². The Morgan fingerprint density at radius 2 is 1.24 bits per heavy atom. The van der Waals surface area contributed by atoms with Crippen LogP contribution in [-0.2, 0) is 38.0 Å². The normalized spacial score (nSPS) is 52.9. The van der Waals surface area contributed by atoms with E-state index in [0.717, 1.165) is 44.9 Å². The monoisotopic (exact) mass is 896 g/mol. The molecule has 4 saturated carbocycles. The van der Waals surface area contributed by atoms with Crippen LogP contribution in [0.15, 0.2) is 11.6 Å². The minimum absolute atomic E-state index is 0.00829. The lowest BCUT2D eigenvalue weighted by Gasteiger charge is -2.71. The van der Waals surface area contributed by atoms with E-state index in [4.69, 9.17) is 28.4 Å². The zero-order valence-corrected chi connectivity index (χ0v) is 37.7. The van der Waals surface area contributed by atoms with Crippen LogP contribution in [0.1, 0.15) is 113 Å². The quantitative estimate of drug-likeness (QED) is 0.125. The van der Waals surface area contributed by atoms with Crippen LogP contribution in [0, 0.1) is 50.2 Å². The van der Waals surface area contributed by atoms with Crippen LogP contribution in [0.5, 0.6) is 0 Å². The van der Waals surface area contributed by atoms with Crippen LogP contribution in [0.25, 0.3) is 0 Å². The molecular weight excluding hydrogens is 824 g/mol. The van der Waals surface area contributed by atoms with Crippen molar-refractivity contribution in [2.24, 2.45) is 50.2 Å². The first kappa shape index (κ1) is 47.6. The van der Waals surface area contributed by atoms with Gasteiger partial charge in [0.05, 0.1) is 24.7 Å². The van der Waals surface area contributed by atoms with Gasteiger partial charge >= 0.3 is 11.9 Å². The van der Waals surface area contributed by atoms with Crippen molar-refractivity contribution in [3.63, 3.8) is 0 Å². The number of carbonyl (C=O) groups is 2. The number of carboxylic acid groups (broad SMARTS) is 2. The Morgan fingerprint density at radius 3 is 1.83 bits per heavy atom. The first-order valence-electron chi connectivity index (χ1n) is 23.1. The van der Waals surface area contributed by atoms with Crippen LogP contribution in [0.2, 0.25) is 0 Å². The lowest BCUT2D eigenvalue weighted by atomic mass is 9.33. The first-order valence-corrected chi connectivity index (χ1v) is 23.1. The van der Waals surface area contributed by atoms with Crippen molar-refractivity contribution in [3.8, 4) is 0 Å². The predicted molar refractivity (Wildman–Crippen MR) is 219 cm³/mol. The number of aliphatic carboxylic acids is 2. The van der Waals surface area contributed by atoms with E-state index in [1.54, 1.807) is 0 Å². The highest BCUT2D eigenvalue weighted by Gasteiger charge is 2.70. The number of rotatable bonds is 8. The average Bonchev–Trinajstić information content (AvgIpc) is 3.20. The van der Waals surface area contributed by atoms with E-state index in [1.807, 2.05) is 0 Å². The number of allylic oxidation sites excluding steroid dienone is 2. The number of hydrogen-bond donors (Lipinski definition) is 9. The third kappa shape index (κ3) is 7.46. The summed E-state index contributed by atoms with van der Waals surface area (Å²) in [7, 11) is 0. The molecule has 21 atom stereocenters. The fraction of sp³-hybridized carbons (Fsp3) is 0.913. The SMILES string of the molecule is CC1(C)CCC2(C(=O)O)CCC3(C)C(=CCC4C5(C)CCC(OC6OC(C(=O)O)C(O)C(OC7OCC(O)C(O)C7O)C6OC6OCC(O)C(O)C6O)C(C)(C)C5CCC43C)C2C1. The highest BCUT2D eigenvalue weighted by atomic mass is 16.8. The van der Waals surface area contributed by atoms with E-state index in [1.165, 1.54) is 5.57 Å². The summed E-state index contributed by atoms with van der Waals surface area (Å²) >= 11 is 0. The Bertz CT molecular complexity index is 1770. The molecule has 8 aliphatic rings. The van der Waals surface area contributed by atoms with Crippen LogP contribution >= 0.6 is 0 Å². The molecule has 9 N–H and O–H groups in total. The van der Waals surface area contributed by atoms with Gasteiger partial charge in [0, 0.05) is 0 Å². The molecule has 7 fully saturated rings. The number of aliphatic hydroxyl groups excluding tert-OH is 7. The van der Waals surface area contributed by atoms with Gasteiger partial charge in [0.1, 0.15) is 54.9 Å². The molecule has 3 heterocycles. The van der Waals surface area contributed by atoms with E-state index in [0.29, 0.717) is 19.3 Å². The molecule has 3 aliphatic heterocycles. The molecule has 17 nitrogen and oxygen atoms in total. The molecule has 0 aromatic carbocycles. The van der Waals surface area contributed by atoms with Crippen molar-refractivity contribution in [2.45, 2.75) is 199 Å². The van der Waals surface area contributed by atoms with Crippen LogP contribution in [0.4, 0.5) is 0 Å². The summed E-state index contributed by atoms with van der Waals surface area (Å²) in [6.45, 7) is 15.2. The second-order valence-corrected chi connectivity index (χ2v) is 22.6. The second kappa shape index (κ2) is 16.4. The fourth-order valence-electron chi connectivity index (χ4n) is 14.6. The molecular formula is C46H72O17. The third-order valence-corrected chi connectivity index (χ3v) is 18.6. The van der Waals surface area contributed by atoms with Crippen LogP contribution in [0.3, 0.4) is 0 Å². The van der Waals surface area contributed by atoms with Crippen molar-refractivity contribution >= 4 is 11.9 Å². The first-order chi connectivity index (χ1) is 29.3. The Morgan fingerprint density at radius 1 is 0.651 bits per heavy atom. The molecule has 8 rings (SSSR count). The molecule has 3 saturated heterocycles. The van der Waals surface area contributed by atoms with Gasteiger partial charge in [0.25, 0.3) is 0 Å². The van der Waals surface area contributed by atoms with E-state index < -0.39 is 122 Å². The van der Waals surface area contributed by atoms with Gasteiger partial charge in [0.2, 0.25) is 0 Å². The van der Waals surface area contributed by atoms with E-state index in [9.17, 15) is 55.5 Å². The van der Waals surface area contributed by atoms with Gasteiger partial charge in [-0.1, -0.05) is 60.1 Å². The Balaban J connectivity index is 1.09. The summed E-state index contributed by atoms with van der Waals surface area (Å²) in [6.07, 6.45) is -12.4. The third-order valence-electron chi connectivity index (χ3n) is 18.6. The maximum Gasteiger partial charge on any atom is 0.335 e. The molecule has 0 aromatic rings. The largest absolute Gasteiger partial charge is 0.481 e. The molecule has 0 radical (unpaired) electrons. The number of hydrogen-bond acceptors (Lipinski definition) is 15. The second-order valence-electron chi connectivity index (χ2n) is 22.6. The number of ether oxygens (including phenoxy) is 6. The predicted octanol–water partition coefficient (Wildman–Crippen LogP) is 2.08. The molecule has 0 aromatic heterocycles. The summed E-state index contributed by atoms with van der Waals surface area (Å²) < 4.78 is 36.2. The summed E-state index contributed by atoms with van der Waals surface area (Å²) in [5.41, 5.74) is -0.342. The van der Waals surface area contributed by atoms with Gasteiger partial charge in [-0.25, -0.2) is 4.79 Å². The number of aliphatic hydroxyl groups is 7. The minimum Gasteiger partial charge on any atom is -0.481 e. The van der Waals surface area contributed by atoms with Gasteiger partial charge in [0.15, 0.2) is 25.0 Å². The molecule has 17 heteroatoms. The minimum atomic E-state index is -1.99. The highest BCUT2D eigenvalue weighted by Crippen LogP contribution is 2.76. The highest BCUT2D eigenvalue weighted by molar-refractivity contribution is 5.76. The zero-order chi connectivity index (χ0) is 46.0. The van der Waals surface area contributed by atoms with Gasteiger partial charge in [-0.2, -0.15) is 0 Å². The fourth-order valence-corrected chi connectivity index (χ4v) is 14.6. The maximum absolute atomic E-state index is 13.1. The zero-order valence-electron chi connectivity index (χ0n) is 37.7. The van der Waals surface area contributed by atoms with Crippen molar-refractivity contribution in [1.82, 2.24) is 0 Å². The smallest absolute Gasteiger partial charge is 0.335 e. The van der Waals surface area contributed by atoms with Gasteiger partial charge in [-0.05, 0) is 109 Å². The standard InChI is InChI=1S/C46H72O17/c1-41(2)14-16-46(40(56)57)17-15-44(6)21(22(46)18-41)8-9-26-43(5)12-11-27(42(3,4)25(43)10-13-45(26,44)7)60-39-35(63-38-31(52)29(50)24(48)20-59-38)33(32(53)34(62-39)36(54)55)61-37-30(51)28(49)23(47)19-58-37/h8,22-35,37-39,47-53H,9-20H2,1-7H3,(H,54,55)(H,56,57). The maximum atomic E-state index is 13.1. The van der Waals surface area contributed by atoms with Crippen molar-refractivity contribution in [1.29, 1.82) is 0 Å². The van der Waals surface area contributed by atoms with Crippen molar-refractivity contribution < 1.29 is 84.0 Å². The lowest BCUT2D eigenvalue weighted by Crippen LogP contribution is -2.68. The molecule has 5 aliphatic carbocycles. The summed E-state index contributed by atoms with van der Waals surface area (Å²) in [5.74, 6) is -1.84. The van der Waals surface area contributed by atoms with Gasteiger partial charge in [-0.3, -0.25) is 4.79 Å². The van der Waals surface area contributed by atoms with Crippen LogP contribution in [-0.4, -0.2) is 157 Å². The van der Waals surface area contributed by atoms with E-state index in [-0.39, 0.29) is 39.4 Å². The van der Waals surface area contributed by atoms with Gasteiger partial charge < -0.3 is 74.4 Å². The Labute approximate surface area is 369 Å². The molecule has 63 heavy (non-hydrogen) atoms. The summed E-state index contributed by atoms with van der Waals surface area (Å²) in [4.78, 5) is 25.8. The molecule has 358 valence electrons. The Kier molecular flexibility index (Phi) is 12.4.